The van der Waals surface area contributed by atoms with Gasteiger partial charge in [-0.1, -0.05) is 66.6 Å². The van der Waals surface area contributed by atoms with Crippen LogP contribution < -0.4 is 14.8 Å². The molecule has 2 heterocycles. The second-order valence-electron chi connectivity index (χ2n) is 6.65. The number of hydrogen-bond donors (Lipinski definition) is 0. The van der Waals surface area contributed by atoms with Crippen molar-refractivity contribution in [2.75, 3.05) is 6.61 Å². The van der Waals surface area contributed by atoms with E-state index in [0.717, 1.165) is 35.3 Å². The Labute approximate surface area is 166 Å². The molecule has 2 aromatic carbocycles. The van der Waals surface area contributed by atoms with E-state index in [2.05, 4.69) is 17.0 Å². The topological polar surface area (TPSA) is 56.5 Å². The average Bonchev–Trinajstić information content (AvgIpc) is 3.23. The van der Waals surface area contributed by atoms with E-state index >= 15 is 0 Å². The fraction of sp³-hybridized carbons (Fsp3) is 0.227. The highest BCUT2D eigenvalue weighted by atomic mass is 32.1. The number of para-hydroxylation sites is 1. The number of fused-ring (bicyclic) bond motifs is 1. The number of hydrogen-bond acceptors (Lipinski definition) is 5. The van der Waals surface area contributed by atoms with E-state index < -0.39 is 0 Å². The van der Waals surface area contributed by atoms with Crippen LogP contribution in [0.4, 0.5) is 0 Å². The zero-order valence-electron chi connectivity index (χ0n) is 15.9. The molecule has 0 amide bonds. The van der Waals surface area contributed by atoms with Crippen molar-refractivity contribution >= 4 is 22.4 Å². The molecule has 2 aromatic heterocycles. The van der Waals surface area contributed by atoms with Gasteiger partial charge in [-0.05, 0) is 31.6 Å². The van der Waals surface area contributed by atoms with Crippen molar-refractivity contribution in [3.63, 3.8) is 0 Å². The van der Waals surface area contributed by atoms with Gasteiger partial charge in [-0.3, -0.25) is 4.79 Å². The number of benzene rings is 2. The lowest BCUT2D eigenvalue weighted by molar-refractivity contribution is 0.309. The van der Waals surface area contributed by atoms with Crippen LogP contribution in [-0.2, 0) is 0 Å². The molecule has 0 aliphatic rings. The Balaban J connectivity index is 1.72. The molecule has 0 aliphatic heterocycles. The summed E-state index contributed by atoms with van der Waals surface area (Å²) in [4.78, 5) is 18.0. The molecular weight excluding hydrogens is 370 g/mol. The predicted molar refractivity (Wildman–Crippen MR) is 113 cm³/mol. The second-order valence-corrected chi connectivity index (χ2v) is 7.66. The van der Waals surface area contributed by atoms with Gasteiger partial charge in [0.25, 0.3) is 5.56 Å². The zero-order valence-corrected chi connectivity index (χ0v) is 16.7. The Bertz CT molecular complexity index is 1230. The molecule has 0 fully saturated rings. The molecule has 0 radical (unpaired) electrons. The average molecular weight is 391 g/mol. The van der Waals surface area contributed by atoms with Crippen LogP contribution in [0.3, 0.4) is 0 Å². The Kier molecular flexibility index (Phi) is 5.21. The molecule has 0 aliphatic carbocycles. The summed E-state index contributed by atoms with van der Waals surface area (Å²) in [5, 5.41) is 4.42. The van der Waals surface area contributed by atoms with Gasteiger partial charge in [0.15, 0.2) is 5.82 Å². The van der Waals surface area contributed by atoms with Crippen LogP contribution in [0, 0.1) is 6.92 Å². The summed E-state index contributed by atoms with van der Waals surface area (Å²) in [6.45, 7) is 4.82. The van der Waals surface area contributed by atoms with Crippen molar-refractivity contribution < 1.29 is 4.74 Å². The highest BCUT2D eigenvalue weighted by Gasteiger charge is 2.12. The number of aryl methyl sites for hydroxylation is 1. The smallest absolute Gasteiger partial charge is 0.291 e. The summed E-state index contributed by atoms with van der Waals surface area (Å²) in [5.74, 6) is 1.36. The number of ether oxygens (including phenoxy) is 1. The lowest BCUT2D eigenvalue weighted by Gasteiger charge is -2.07. The molecule has 0 spiro atoms. The zero-order chi connectivity index (χ0) is 19.5. The van der Waals surface area contributed by atoms with E-state index in [9.17, 15) is 4.79 Å². The van der Waals surface area contributed by atoms with Crippen LogP contribution in [0.15, 0.2) is 53.3 Å². The minimum atomic E-state index is -0.158. The van der Waals surface area contributed by atoms with Gasteiger partial charge < -0.3 is 4.74 Å². The number of aromatic nitrogens is 3. The van der Waals surface area contributed by atoms with E-state index in [4.69, 9.17) is 4.74 Å². The first kappa shape index (κ1) is 18.4. The van der Waals surface area contributed by atoms with E-state index in [1.54, 1.807) is 0 Å². The molecule has 0 unspecified atom stereocenters. The van der Waals surface area contributed by atoms with Crippen molar-refractivity contribution in [1.29, 1.82) is 0 Å². The number of thiazole rings is 1. The van der Waals surface area contributed by atoms with Crippen molar-refractivity contribution in [1.82, 2.24) is 14.6 Å². The summed E-state index contributed by atoms with van der Waals surface area (Å²) in [7, 11) is 0. The molecule has 0 bridgehead atoms. The number of unbranched alkanes of at least 4 members (excludes halogenated alkanes) is 1. The first-order chi connectivity index (χ1) is 13.7. The highest BCUT2D eigenvalue weighted by molar-refractivity contribution is 7.15. The van der Waals surface area contributed by atoms with Crippen LogP contribution in [0.25, 0.3) is 22.4 Å². The Morgan fingerprint density at radius 1 is 1.18 bits per heavy atom. The SMILES string of the molecule is CCCCOc1ccccc1C=c1sc2nc(-c3cccc(C)c3)nn2c1=O. The summed E-state index contributed by atoms with van der Waals surface area (Å²) >= 11 is 1.34. The third-order valence-electron chi connectivity index (χ3n) is 4.42. The van der Waals surface area contributed by atoms with Gasteiger partial charge >= 0.3 is 0 Å². The fourth-order valence-corrected chi connectivity index (χ4v) is 3.84. The predicted octanol–water partition coefficient (Wildman–Crippen LogP) is 3.85. The third kappa shape index (κ3) is 3.68. The lowest BCUT2D eigenvalue weighted by atomic mass is 10.1. The standard InChI is InChI=1S/C22H21N3O2S/c1-3-4-12-27-18-11-6-5-9-16(18)14-19-21(26)25-22(28-19)23-20(24-25)17-10-7-8-15(2)13-17/h5-11,13-14H,3-4,12H2,1-2H3. The van der Waals surface area contributed by atoms with Gasteiger partial charge in [-0.15, -0.1) is 5.10 Å². The highest BCUT2D eigenvalue weighted by Crippen LogP contribution is 2.20. The largest absolute Gasteiger partial charge is 0.493 e. The van der Waals surface area contributed by atoms with Crippen LogP contribution >= 0.6 is 11.3 Å². The fourth-order valence-electron chi connectivity index (χ4n) is 2.94. The number of rotatable bonds is 6. The van der Waals surface area contributed by atoms with E-state index in [0.29, 0.717) is 21.9 Å². The van der Waals surface area contributed by atoms with Crippen LogP contribution in [0.2, 0.25) is 0 Å². The van der Waals surface area contributed by atoms with Crippen LogP contribution in [-0.4, -0.2) is 21.2 Å². The van der Waals surface area contributed by atoms with Gasteiger partial charge in [-0.25, -0.2) is 0 Å². The van der Waals surface area contributed by atoms with E-state index in [-0.39, 0.29) is 5.56 Å². The molecule has 0 atom stereocenters. The minimum absolute atomic E-state index is 0.158. The monoisotopic (exact) mass is 391 g/mol. The van der Waals surface area contributed by atoms with E-state index in [1.165, 1.54) is 15.9 Å². The number of nitrogens with zero attached hydrogens (tertiary/aromatic N) is 3. The van der Waals surface area contributed by atoms with Gasteiger partial charge in [0.05, 0.1) is 11.1 Å². The molecule has 28 heavy (non-hydrogen) atoms. The Hall–Kier alpha value is -2.99. The Morgan fingerprint density at radius 3 is 2.82 bits per heavy atom. The molecule has 0 N–H and O–H groups in total. The molecule has 0 saturated heterocycles. The van der Waals surface area contributed by atoms with Crippen LogP contribution in [0.5, 0.6) is 5.75 Å². The molecule has 4 aromatic rings. The summed E-state index contributed by atoms with van der Waals surface area (Å²) < 4.78 is 7.85. The molecule has 5 nitrogen and oxygen atoms in total. The second kappa shape index (κ2) is 7.94. The minimum Gasteiger partial charge on any atom is -0.493 e. The van der Waals surface area contributed by atoms with Crippen molar-refractivity contribution in [3.8, 4) is 17.1 Å². The molecular formula is C22H21N3O2S. The molecule has 4 rings (SSSR count). The van der Waals surface area contributed by atoms with E-state index in [1.807, 2.05) is 61.5 Å². The maximum atomic E-state index is 12.8. The first-order valence-corrected chi connectivity index (χ1v) is 10.2. The first-order valence-electron chi connectivity index (χ1n) is 9.36. The Morgan fingerprint density at radius 2 is 2.04 bits per heavy atom. The maximum absolute atomic E-state index is 12.8. The van der Waals surface area contributed by atoms with Gasteiger partial charge in [-0.2, -0.15) is 9.50 Å². The maximum Gasteiger partial charge on any atom is 0.291 e. The molecule has 142 valence electrons. The van der Waals surface area contributed by atoms with Crippen molar-refractivity contribution in [2.24, 2.45) is 0 Å². The quantitative estimate of drug-likeness (QED) is 0.469. The lowest BCUT2D eigenvalue weighted by Crippen LogP contribution is -2.23. The molecule has 6 heteroatoms. The van der Waals surface area contributed by atoms with Gasteiger partial charge in [0.2, 0.25) is 4.96 Å². The van der Waals surface area contributed by atoms with Gasteiger partial charge in [0, 0.05) is 11.1 Å². The third-order valence-corrected chi connectivity index (χ3v) is 5.38. The van der Waals surface area contributed by atoms with Crippen molar-refractivity contribution in [3.05, 3.63) is 74.5 Å². The van der Waals surface area contributed by atoms with Crippen molar-refractivity contribution in [2.45, 2.75) is 26.7 Å². The molecule has 0 saturated carbocycles. The summed E-state index contributed by atoms with van der Waals surface area (Å²) in [6.07, 6.45) is 3.93. The van der Waals surface area contributed by atoms with Crippen LogP contribution in [0.1, 0.15) is 30.9 Å². The summed E-state index contributed by atoms with van der Waals surface area (Å²) in [6, 6.07) is 15.7. The van der Waals surface area contributed by atoms with Gasteiger partial charge in [0.1, 0.15) is 5.75 Å². The summed E-state index contributed by atoms with van der Waals surface area (Å²) in [5.41, 5.74) is 2.77. The normalized spacial score (nSPS) is 12.0.